The number of hydrogen-bond acceptors (Lipinski definition) is 6. The van der Waals surface area contributed by atoms with Crippen LogP contribution in [0.25, 0.3) is 0 Å². The summed E-state index contributed by atoms with van der Waals surface area (Å²) in [6.45, 7) is 2.88. The molecule has 0 rings (SSSR count). The van der Waals surface area contributed by atoms with Gasteiger partial charge in [-0.3, -0.25) is 10.0 Å². The fourth-order valence-electron chi connectivity index (χ4n) is 1.35. The number of hydroxylamine groups is 2. The Bertz CT molecular complexity index is 332. The Morgan fingerprint density at radius 1 is 1.37 bits per heavy atom. The maximum Gasteiger partial charge on any atom is 0.329 e. The number of unbranched alkanes of at least 4 members (excludes halogenated alkanes) is 1. The minimum absolute atomic E-state index is 0.0707. The van der Waals surface area contributed by atoms with E-state index in [0.29, 0.717) is 24.4 Å². The third-order valence-corrected chi connectivity index (χ3v) is 2.40. The van der Waals surface area contributed by atoms with Crippen LogP contribution in [0.15, 0.2) is 4.99 Å². The summed E-state index contributed by atoms with van der Waals surface area (Å²) in [6, 6.07) is -1.09. The van der Waals surface area contributed by atoms with Crippen molar-refractivity contribution >= 4 is 17.8 Å². The second kappa shape index (κ2) is 9.29. The lowest BCUT2D eigenvalue weighted by atomic mass is 10.1. The number of carboxylic acid groups (broad SMARTS) is 1. The van der Waals surface area contributed by atoms with Crippen molar-refractivity contribution in [1.82, 2.24) is 5.06 Å². The molecule has 0 spiro atoms. The molecule has 0 fully saturated rings. The number of carbonyl (C=O) groups excluding carboxylic acids is 1. The quantitative estimate of drug-likeness (QED) is 0.190. The Kier molecular flexibility index (Phi) is 8.47. The van der Waals surface area contributed by atoms with Crippen molar-refractivity contribution in [3.05, 3.63) is 0 Å². The van der Waals surface area contributed by atoms with Gasteiger partial charge in [0.2, 0.25) is 0 Å². The maximum atomic E-state index is 11.0. The number of carbonyl (C=O) groups is 2. The molecule has 8 nitrogen and oxygen atoms in total. The first-order chi connectivity index (χ1) is 8.90. The molecule has 0 aliphatic rings. The van der Waals surface area contributed by atoms with Crippen LogP contribution in [-0.4, -0.2) is 52.5 Å². The number of ether oxygens (including phenoxy) is 1. The lowest BCUT2D eigenvalue weighted by Crippen LogP contribution is -2.42. The van der Waals surface area contributed by atoms with Crippen molar-refractivity contribution in [3.8, 4) is 0 Å². The van der Waals surface area contributed by atoms with Gasteiger partial charge in [-0.1, -0.05) is 0 Å². The van der Waals surface area contributed by atoms with Crippen molar-refractivity contribution < 1.29 is 24.6 Å². The fourth-order valence-corrected chi connectivity index (χ4v) is 1.35. The van der Waals surface area contributed by atoms with Crippen molar-refractivity contribution in [2.75, 3.05) is 13.3 Å². The monoisotopic (exact) mass is 275 g/mol. The standard InChI is InChI=1S/C11H21N3O5/c1-8(13-7-19-9(2)15)14(18)10(11(16)17)5-3-4-6-12/h10,18H,3-7,12H2,1-2H3,(H,16,17)/t10-/m0/s1. The van der Waals surface area contributed by atoms with E-state index in [-0.39, 0.29) is 19.0 Å². The molecule has 0 bridgehead atoms. The molecular weight excluding hydrogens is 254 g/mol. The van der Waals surface area contributed by atoms with Crippen LogP contribution in [0.3, 0.4) is 0 Å². The summed E-state index contributed by atoms with van der Waals surface area (Å²) < 4.78 is 4.57. The summed E-state index contributed by atoms with van der Waals surface area (Å²) in [4.78, 5) is 25.3. The van der Waals surface area contributed by atoms with Crippen LogP contribution in [0.1, 0.15) is 33.1 Å². The average molecular weight is 275 g/mol. The number of nitrogens with zero attached hydrogens (tertiary/aromatic N) is 2. The molecule has 0 aromatic heterocycles. The Labute approximate surface area is 111 Å². The number of aliphatic imine (C=N–C) groups is 1. The van der Waals surface area contributed by atoms with Gasteiger partial charge in [0.1, 0.15) is 5.84 Å². The Morgan fingerprint density at radius 3 is 2.47 bits per heavy atom. The van der Waals surface area contributed by atoms with E-state index < -0.39 is 18.0 Å². The first-order valence-electron chi connectivity index (χ1n) is 5.95. The molecule has 19 heavy (non-hydrogen) atoms. The minimum atomic E-state index is -1.15. The molecule has 0 aliphatic heterocycles. The van der Waals surface area contributed by atoms with Gasteiger partial charge >= 0.3 is 11.9 Å². The Balaban J connectivity index is 4.47. The van der Waals surface area contributed by atoms with Crippen molar-refractivity contribution in [2.24, 2.45) is 10.7 Å². The Morgan fingerprint density at radius 2 is 2.00 bits per heavy atom. The van der Waals surface area contributed by atoms with Crippen LogP contribution in [0, 0.1) is 0 Å². The first-order valence-corrected chi connectivity index (χ1v) is 5.95. The topological polar surface area (TPSA) is 125 Å². The first kappa shape index (κ1) is 17.3. The van der Waals surface area contributed by atoms with Crippen molar-refractivity contribution in [3.63, 3.8) is 0 Å². The second-order valence-corrected chi connectivity index (χ2v) is 3.95. The van der Waals surface area contributed by atoms with Gasteiger partial charge in [-0.25, -0.2) is 14.9 Å². The van der Waals surface area contributed by atoms with Crippen LogP contribution in [0.5, 0.6) is 0 Å². The number of esters is 1. The zero-order valence-corrected chi connectivity index (χ0v) is 11.2. The number of aliphatic carboxylic acids is 1. The van der Waals surface area contributed by atoms with E-state index in [1.165, 1.54) is 13.8 Å². The number of hydrogen-bond donors (Lipinski definition) is 3. The molecule has 110 valence electrons. The SMILES string of the molecule is CC(=O)OCN=C(C)N(O)[C@@H](CCCCN)C(=O)O. The van der Waals surface area contributed by atoms with Gasteiger partial charge in [-0.15, -0.1) is 0 Å². The van der Waals surface area contributed by atoms with Gasteiger partial charge in [0.25, 0.3) is 0 Å². The van der Waals surface area contributed by atoms with Gasteiger partial charge < -0.3 is 15.6 Å². The van der Waals surface area contributed by atoms with E-state index >= 15 is 0 Å². The van der Waals surface area contributed by atoms with Crippen LogP contribution in [0.4, 0.5) is 0 Å². The van der Waals surface area contributed by atoms with Gasteiger partial charge in [0.15, 0.2) is 12.8 Å². The Hall–Kier alpha value is -1.67. The van der Waals surface area contributed by atoms with Crippen molar-refractivity contribution in [1.29, 1.82) is 0 Å². The summed E-state index contributed by atoms with van der Waals surface area (Å²) in [5.74, 6) is -1.58. The summed E-state index contributed by atoms with van der Waals surface area (Å²) in [6.07, 6.45) is 1.52. The average Bonchev–Trinajstić information content (AvgIpc) is 2.32. The van der Waals surface area contributed by atoms with E-state index in [1.54, 1.807) is 0 Å². The number of rotatable bonds is 8. The van der Waals surface area contributed by atoms with Gasteiger partial charge in [-0.05, 0) is 32.7 Å². The molecule has 1 atom stereocenters. The highest BCUT2D eigenvalue weighted by molar-refractivity contribution is 5.84. The zero-order valence-electron chi connectivity index (χ0n) is 11.2. The summed E-state index contributed by atoms with van der Waals surface area (Å²) >= 11 is 0. The van der Waals surface area contributed by atoms with Crippen LogP contribution >= 0.6 is 0 Å². The van der Waals surface area contributed by atoms with Crippen molar-refractivity contribution in [2.45, 2.75) is 39.2 Å². The number of nitrogens with two attached hydrogens (primary N) is 1. The van der Waals surface area contributed by atoms with E-state index in [9.17, 15) is 14.8 Å². The largest absolute Gasteiger partial charge is 0.480 e. The molecule has 0 unspecified atom stereocenters. The predicted octanol–water partition coefficient (Wildman–Crippen LogP) is 0.199. The van der Waals surface area contributed by atoms with Gasteiger partial charge in [0.05, 0.1) is 0 Å². The molecule has 0 aromatic carbocycles. The second-order valence-electron chi connectivity index (χ2n) is 3.95. The molecule has 0 amide bonds. The smallest absolute Gasteiger partial charge is 0.329 e. The lowest BCUT2D eigenvalue weighted by Gasteiger charge is -2.23. The molecule has 0 heterocycles. The minimum Gasteiger partial charge on any atom is -0.480 e. The summed E-state index contributed by atoms with van der Waals surface area (Å²) in [5, 5.41) is 19.4. The molecule has 8 heteroatoms. The third-order valence-electron chi connectivity index (χ3n) is 2.40. The molecule has 0 saturated carbocycles. The predicted molar refractivity (Wildman–Crippen MR) is 67.7 cm³/mol. The lowest BCUT2D eigenvalue weighted by molar-refractivity contribution is -0.154. The van der Waals surface area contributed by atoms with E-state index in [2.05, 4.69) is 9.73 Å². The van der Waals surface area contributed by atoms with Gasteiger partial charge in [0, 0.05) is 6.92 Å². The van der Waals surface area contributed by atoms with Crippen LogP contribution in [-0.2, 0) is 14.3 Å². The molecule has 0 saturated heterocycles. The highest BCUT2D eigenvalue weighted by Gasteiger charge is 2.25. The number of carboxylic acids is 1. The van der Waals surface area contributed by atoms with Crippen LogP contribution in [0.2, 0.25) is 0 Å². The van der Waals surface area contributed by atoms with Gasteiger partial charge in [-0.2, -0.15) is 0 Å². The number of amidine groups is 1. The molecule has 0 aliphatic carbocycles. The molecule has 4 N–H and O–H groups in total. The summed E-state index contributed by atoms with van der Waals surface area (Å²) in [7, 11) is 0. The molecule has 0 radical (unpaired) electrons. The highest BCUT2D eigenvalue weighted by Crippen LogP contribution is 2.08. The maximum absolute atomic E-state index is 11.0. The third kappa shape index (κ3) is 7.37. The molecular formula is C11H21N3O5. The highest BCUT2D eigenvalue weighted by atomic mass is 16.5. The summed E-state index contributed by atoms with van der Waals surface area (Å²) in [5.41, 5.74) is 5.33. The zero-order chi connectivity index (χ0) is 14.8. The van der Waals surface area contributed by atoms with E-state index in [0.717, 1.165) is 0 Å². The van der Waals surface area contributed by atoms with E-state index in [4.69, 9.17) is 10.8 Å². The fraction of sp³-hybridized carbons (Fsp3) is 0.727. The van der Waals surface area contributed by atoms with Crippen LogP contribution < -0.4 is 5.73 Å². The molecule has 0 aromatic rings. The van der Waals surface area contributed by atoms with E-state index in [1.807, 2.05) is 0 Å². The normalized spacial score (nSPS) is 12.9.